The van der Waals surface area contributed by atoms with Crippen LogP contribution < -0.4 is 9.47 Å². The largest absolute Gasteiger partial charge is 0.490 e. The first kappa shape index (κ1) is 23.1. The van der Waals surface area contributed by atoms with Crippen molar-refractivity contribution in [2.24, 2.45) is 28.8 Å². The Hall–Kier alpha value is -2.64. The summed E-state index contributed by atoms with van der Waals surface area (Å²) in [5, 5.41) is 5.99. The lowest BCUT2D eigenvalue weighted by atomic mass is 9.63. The first-order valence-corrected chi connectivity index (χ1v) is 12.6. The highest BCUT2D eigenvalue weighted by molar-refractivity contribution is 9.10. The third kappa shape index (κ3) is 4.16. The zero-order valence-corrected chi connectivity index (χ0v) is 21.0. The van der Waals surface area contributed by atoms with E-state index in [9.17, 15) is 9.59 Å². The van der Waals surface area contributed by atoms with Crippen LogP contribution in [-0.2, 0) is 16.2 Å². The lowest BCUT2D eigenvalue weighted by Gasteiger charge is -2.37. The molecule has 6 rings (SSSR count). The van der Waals surface area contributed by atoms with Crippen molar-refractivity contribution in [3.8, 4) is 11.5 Å². The Labute approximate surface area is 211 Å². The van der Waals surface area contributed by atoms with Gasteiger partial charge in [0.25, 0.3) is 11.8 Å². The fraction of sp³-hybridized carbons (Fsp3) is 0.346. The van der Waals surface area contributed by atoms with Gasteiger partial charge in [0.15, 0.2) is 11.5 Å². The molecular weight excluding hydrogens is 520 g/mol. The Balaban J connectivity index is 1.36. The van der Waals surface area contributed by atoms with E-state index in [0.717, 1.165) is 23.4 Å². The highest BCUT2D eigenvalue weighted by Gasteiger charge is 2.56. The number of benzene rings is 2. The molecule has 0 aromatic heterocycles. The van der Waals surface area contributed by atoms with Gasteiger partial charge in [0, 0.05) is 10.6 Å². The minimum absolute atomic E-state index is 0.139. The predicted octanol–water partition coefficient (Wildman–Crippen LogP) is 5.61. The van der Waals surface area contributed by atoms with E-state index in [2.05, 4.69) is 33.2 Å². The summed E-state index contributed by atoms with van der Waals surface area (Å²) in [5.74, 6) is 0.392. The Morgan fingerprint density at radius 3 is 2.38 bits per heavy atom. The van der Waals surface area contributed by atoms with Crippen molar-refractivity contribution in [2.45, 2.75) is 26.4 Å². The first-order valence-electron chi connectivity index (χ1n) is 11.4. The zero-order valence-electron chi connectivity index (χ0n) is 18.6. The summed E-state index contributed by atoms with van der Waals surface area (Å²) in [6, 6.07) is 11.1. The van der Waals surface area contributed by atoms with Gasteiger partial charge in [-0.1, -0.05) is 42.0 Å². The average molecular weight is 544 g/mol. The topological polar surface area (TPSA) is 68.2 Å². The van der Waals surface area contributed by atoms with Crippen LogP contribution >= 0.6 is 27.5 Å². The number of allylic oxidation sites excluding steroid dienone is 2. The lowest BCUT2D eigenvalue weighted by Crippen LogP contribution is -2.38. The van der Waals surface area contributed by atoms with Gasteiger partial charge in [0.05, 0.1) is 29.1 Å². The van der Waals surface area contributed by atoms with Gasteiger partial charge in [0.1, 0.15) is 6.61 Å². The highest BCUT2D eigenvalue weighted by Crippen LogP contribution is 2.49. The summed E-state index contributed by atoms with van der Waals surface area (Å²) < 4.78 is 12.5. The smallest absolute Gasteiger partial charge is 0.254 e. The SMILES string of the molecule is CCOc1cc(/C=N\N2C(=O)[C@H]3[C@H](C2=O)[C@H]2C=C[C@H]3CC2)cc(Br)c1OCc1ccccc1Cl. The number of carbonyl (C=O) groups is 2. The molecule has 2 aromatic rings. The van der Waals surface area contributed by atoms with Gasteiger partial charge in [-0.2, -0.15) is 10.1 Å². The lowest BCUT2D eigenvalue weighted by molar-refractivity contribution is -0.140. The number of carbonyl (C=O) groups excluding carboxylic acids is 2. The fourth-order valence-corrected chi connectivity index (χ4v) is 5.89. The van der Waals surface area contributed by atoms with E-state index in [-0.39, 0.29) is 42.1 Å². The molecule has 0 spiro atoms. The van der Waals surface area contributed by atoms with Crippen molar-refractivity contribution in [2.75, 3.05) is 6.61 Å². The molecule has 0 radical (unpaired) electrons. The van der Waals surface area contributed by atoms with Gasteiger partial charge >= 0.3 is 0 Å². The number of nitrogens with zero attached hydrogens (tertiary/aromatic N) is 2. The monoisotopic (exact) mass is 542 g/mol. The number of imide groups is 1. The molecule has 1 aliphatic heterocycles. The Bertz CT molecular complexity index is 1170. The second-order valence-corrected chi connectivity index (χ2v) is 9.98. The summed E-state index contributed by atoms with van der Waals surface area (Å²) in [6.45, 7) is 2.61. The van der Waals surface area contributed by atoms with Crippen LogP contribution in [0.2, 0.25) is 5.02 Å². The number of ether oxygens (including phenoxy) is 2. The molecular formula is C26H24BrClN2O4. The molecule has 176 valence electrons. The maximum atomic E-state index is 13.0. The number of fused-ring (bicyclic) bond motifs is 1. The van der Waals surface area contributed by atoms with Crippen LogP contribution in [0.15, 0.2) is 58.1 Å². The van der Waals surface area contributed by atoms with Gasteiger partial charge in [-0.25, -0.2) is 0 Å². The van der Waals surface area contributed by atoms with E-state index in [1.54, 1.807) is 6.07 Å². The molecule has 34 heavy (non-hydrogen) atoms. The highest BCUT2D eigenvalue weighted by atomic mass is 79.9. The van der Waals surface area contributed by atoms with Gasteiger partial charge < -0.3 is 9.47 Å². The molecule has 4 atom stereocenters. The fourth-order valence-electron chi connectivity index (χ4n) is 5.13. The molecule has 8 heteroatoms. The van der Waals surface area contributed by atoms with Gasteiger partial charge in [0.2, 0.25) is 0 Å². The second-order valence-electron chi connectivity index (χ2n) is 8.72. The number of amides is 2. The Morgan fingerprint density at radius 2 is 1.76 bits per heavy atom. The van der Waals surface area contributed by atoms with E-state index in [1.807, 2.05) is 37.3 Å². The summed E-state index contributed by atoms with van der Waals surface area (Å²) in [4.78, 5) is 26.0. The molecule has 1 saturated heterocycles. The normalized spacial score (nSPS) is 25.3. The molecule has 2 fully saturated rings. The summed E-state index contributed by atoms with van der Waals surface area (Å²) in [7, 11) is 0. The third-order valence-corrected chi connectivity index (χ3v) is 7.68. The minimum Gasteiger partial charge on any atom is -0.490 e. The summed E-state index contributed by atoms with van der Waals surface area (Å²) in [6.07, 6.45) is 7.63. The number of hydrogen-bond donors (Lipinski definition) is 0. The van der Waals surface area contributed by atoms with Crippen molar-refractivity contribution in [1.82, 2.24) is 5.01 Å². The third-order valence-electron chi connectivity index (χ3n) is 6.72. The van der Waals surface area contributed by atoms with Crippen LogP contribution in [0.1, 0.15) is 30.9 Å². The van der Waals surface area contributed by atoms with Crippen molar-refractivity contribution in [3.63, 3.8) is 0 Å². The molecule has 2 aromatic carbocycles. The van der Waals surface area contributed by atoms with E-state index in [1.165, 1.54) is 6.21 Å². The van der Waals surface area contributed by atoms with E-state index in [4.69, 9.17) is 21.1 Å². The Kier molecular flexibility index (Phi) is 6.49. The molecule has 3 aliphatic carbocycles. The van der Waals surface area contributed by atoms with Gasteiger partial charge in [-0.3, -0.25) is 9.59 Å². The minimum atomic E-state index is -0.278. The zero-order chi connectivity index (χ0) is 23.8. The summed E-state index contributed by atoms with van der Waals surface area (Å²) in [5.41, 5.74) is 1.54. The van der Waals surface area contributed by atoms with Crippen molar-refractivity contribution >= 4 is 45.6 Å². The van der Waals surface area contributed by atoms with E-state index >= 15 is 0 Å². The van der Waals surface area contributed by atoms with Crippen LogP contribution in [0.25, 0.3) is 0 Å². The molecule has 2 bridgehead atoms. The first-order chi connectivity index (χ1) is 16.5. The maximum absolute atomic E-state index is 13.0. The maximum Gasteiger partial charge on any atom is 0.254 e. The molecule has 0 N–H and O–H groups in total. The van der Waals surface area contributed by atoms with Crippen molar-refractivity contribution in [3.05, 3.63) is 69.2 Å². The molecule has 1 saturated carbocycles. The summed E-state index contributed by atoms with van der Waals surface area (Å²) >= 11 is 9.80. The molecule has 6 nitrogen and oxygen atoms in total. The Morgan fingerprint density at radius 1 is 1.09 bits per heavy atom. The molecule has 4 aliphatic rings. The van der Waals surface area contributed by atoms with Crippen molar-refractivity contribution in [1.29, 1.82) is 0 Å². The number of rotatable bonds is 7. The van der Waals surface area contributed by atoms with Crippen LogP contribution in [-0.4, -0.2) is 29.6 Å². The van der Waals surface area contributed by atoms with E-state index < -0.39 is 0 Å². The van der Waals surface area contributed by atoms with Gasteiger partial charge in [-0.05, 0) is 71.3 Å². The van der Waals surface area contributed by atoms with E-state index in [0.29, 0.717) is 33.2 Å². The quantitative estimate of drug-likeness (QED) is 0.259. The number of hydrogen-bond acceptors (Lipinski definition) is 5. The number of halogens is 2. The average Bonchev–Trinajstić information content (AvgIpc) is 3.11. The van der Waals surface area contributed by atoms with Crippen molar-refractivity contribution < 1.29 is 19.1 Å². The van der Waals surface area contributed by atoms with Crippen LogP contribution in [0, 0.1) is 23.7 Å². The second kappa shape index (κ2) is 9.55. The van der Waals surface area contributed by atoms with Gasteiger partial charge in [-0.15, -0.1) is 0 Å². The predicted molar refractivity (Wildman–Crippen MR) is 133 cm³/mol. The van der Waals surface area contributed by atoms with Crippen LogP contribution in [0.4, 0.5) is 0 Å². The molecule has 0 unspecified atom stereocenters. The van der Waals surface area contributed by atoms with Crippen LogP contribution in [0.5, 0.6) is 11.5 Å². The standard InChI is InChI=1S/C26H24BrClN2O4/c1-2-33-21-12-15(11-19(27)24(21)34-14-18-5-3-4-6-20(18)28)13-29-30-25(31)22-16-7-8-17(10-9-16)23(22)26(30)32/h3-8,11-13,16-17,22-23H,2,9-10,14H2,1H3/b29-13-/t16-,17-,22+,23+/m0/s1. The molecule has 2 amide bonds. The molecule has 1 heterocycles. The number of hydrazone groups is 1. The van der Waals surface area contributed by atoms with Crippen LogP contribution in [0.3, 0.4) is 0 Å².